The molecule has 182 valence electrons. The van der Waals surface area contributed by atoms with Crippen molar-refractivity contribution in [1.82, 2.24) is 0 Å². The lowest BCUT2D eigenvalue weighted by Crippen LogP contribution is -2.11. The largest absolute Gasteiger partial charge is 0.387 e. The van der Waals surface area contributed by atoms with Crippen LogP contribution in [-0.4, -0.2) is 11.7 Å². The van der Waals surface area contributed by atoms with Crippen LogP contribution in [0.25, 0.3) is 0 Å². The number of hydrogen-bond donors (Lipinski definition) is 2. The number of nitrogens with two attached hydrogens (primary N) is 1. The Morgan fingerprint density at radius 2 is 1.52 bits per heavy atom. The highest BCUT2D eigenvalue weighted by atomic mass is 16.1. The van der Waals surface area contributed by atoms with Gasteiger partial charge in [0, 0.05) is 12.1 Å². The summed E-state index contributed by atoms with van der Waals surface area (Å²) in [6.45, 7) is 8.18. The number of aryl methyl sites for hydroxylation is 2. The number of hydrogen-bond acceptors (Lipinski definition) is 2. The second-order valence-corrected chi connectivity index (χ2v) is 8.76. The highest BCUT2D eigenvalue weighted by Crippen LogP contribution is 2.23. The molecule has 0 radical (unpaired) electrons. The van der Waals surface area contributed by atoms with Crippen molar-refractivity contribution in [3.63, 3.8) is 0 Å². The number of amides is 1. The minimum absolute atomic E-state index is 0.0711. The van der Waals surface area contributed by atoms with E-state index in [4.69, 9.17) is 5.73 Å². The summed E-state index contributed by atoms with van der Waals surface area (Å²) >= 11 is 0. The molecule has 1 amide bonds. The van der Waals surface area contributed by atoms with E-state index in [1.54, 1.807) is 6.92 Å². The minimum atomic E-state index is 0.0711. The summed E-state index contributed by atoms with van der Waals surface area (Å²) in [5.74, 6) is 0.585. The fourth-order valence-corrected chi connectivity index (χ4v) is 3.49. The minimum Gasteiger partial charge on any atom is -0.387 e. The molecular formula is C29H45N3O. The number of nitrogens with zero attached hydrogens (tertiary/aromatic N) is 1. The van der Waals surface area contributed by atoms with Gasteiger partial charge >= 0.3 is 0 Å². The molecule has 0 unspecified atom stereocenters. The molecular weight excluding hydrogens is 406 g/mol. The van der Waals surface area contributed by atoms with Crippen molar-refractivity contribution in [3.05, 3.63) is 59.7 Å². The molecule has 0 bridgehead atoms. The first-order valence-electron chi connectivity index (χ1n) is 12.7. The Balaban J connectivity index is 0.000000451. The summed E-state index contributed by atoms with van der Waals surface area (Å²) in [4.78, 5) is 16.3. The molecule has 4 nitrogen and oxygen atoms in total. The van der Waals surface area contributed by atoms with Crippen LogP contribution in [0, 0.1) is 6.92 Å². The average molecular weight is 452 g/mol. The Kier molecular flexibility index (Phi) is 15.4. The van der Waals surface area contributed by atoms with Crippen LogP contribution in [0.3, 0.4) is 0 Å². The van der Waals surface area contributed by atoms with Crippen molar-refractivity contribution >= 4 is 23.1 Å². The topological polar surface area (TPSA) is 67.5 Å². The van der Waals surface area contributed by atoms with Crippen molar-refractivity contribution < 1.29 is 4.79 Å². The fourth-order valence-electron chi connectivity index (χ4n) is 3.49. The van der Waals surface area contributed by atoms with Gasteiger partial charge in [0.25, 0.3) is 0 Å². The zero-order valence-corrected chi connectivity index (χ0v) is 21.3. The molecule has 0 fully saturated rings. The molecule has 0 saturated carbocycles. The fraction of sp³-hybridized carbons (Fsp3) is 0.517. The Labute approximate surface area is 202 Å². The van der Waals surface area contributed by atoms with Crippen LogP contribution in [-0.2, 0) is 11.2 Å². The molecule has 0 saturated heterocycles. The van der Waals surface area contributed by atoms with Gasteiger partial charge < -0.3 is 11.1 Å². The predicted molar refractivity (Wildman–Crippen MR) is 144 cm³/mol. The van der Waals surface area contributed by atoms with Crippen LogP contribution in [0.15, 0.2) is 53.5 Å². The number of nitrogens with one attached hydrogen (secondary N) is 1. The SMILES string of the molecule is CCCCCCCCCC(=O)Nc1ccc(C)c(N=C(C)N)c1.CCCCc1ccccc1. The van der Waals surface area contributed by atoms with Crippen LogP contribution in [0.1, 0.15) is 96.1 Å². The molecule has 2 aromatic carbocycles. The highest BCUT2D eigenvalue weighted by molar-refractivity contribution is 5.91. The smallest absolute Gasteiger partial charge is 0.224 e. The lowest BCUT2D eigenvalue weighted by atomic mass is 10.1. The Morgan fingerprint density at radius 1 is 0.879 bits per heavy atom. The molecule has 0 heterocycles. The number of anilines is 1. The lowest BCUT2D eigenvalue weighted by Gasteiger charge is -2.08. The number of carbonyl (C=O) groups excluding carboxylic acids is 1. The highest BCUT2D eigenvalue weighted by Gasteiger charge is 2.05. The van der Waals surface area contributed by atoms with Gasteiger partial charge in [-0.1, -0.05) is 95.2 Å². The normalized spacial score (nSPS) is 11.0. The molecule has 0 aliphatic heterocycles. The molecule has 3 N–H and O–H groups in total. The molecule has 0 spiro atoms. The third-order valence-electron chi connectivity index (χ3n) is 5.46. The van der Waals surface area contributed by atoms with E-state index in [9.17, 15) is 4.79 Å². The summed E-state index contributed by atoms with van der Waals surface area (Å²) in [7, 11) is 0. The van der Waals surface area contributed by atoms with E-state index in [1.807, 2.05) is 25.1 Å². The maximum absolute atomic E-state index is 12.0. The van der Waals surface area contributed by atoms with E-state index in [2.05, 4.69) is 54.5 Å². The third-order valence-corrected chi connectivity index (χ3v) is 5.46. The van der Waals surface area contributed by atoms with E-state index in [1.165, 1.54) is 56.9 Å². The van der Waals surface area contributed by atoms with Gasteiger partial charge in [0.15, 0.2) is 0 Å². The number of carbonyl (C=O) groups is 1. The second-order valence-electron chi connectivity index (χ2n) is 8.76. The van der Waals surface area contributed by atoms with Gasteiger partial charge in [-0.05, 0) is 56.4 Å². The van der Waals surface area contributed by atoms with E-state index in [0.29, 0.717) is 12.3 Å². The molecule has 4 heteroatoms. The van der Waals surface area contributed by atoms with Crippen LogP contribution < -0.4 is 11.1 Å². The van der Waals surface area contributed by atoms with Gasteiger partial charge in [0.05, 0.1) is 11.5 Å². The first-order chi connectivity index (χ1) is 16.0. The monoisotopic (exact) mass is 451 g/mol. The predicted octanol–water partition coefficient (Wildman–Crippen LogP) is 8.11. The zero-order valence-electron chi connectivity index (χ0n) is 21.3. The Morgan fingerprint density at radius 3 is 2.15 bits per heavy atom. The molecule has 2 rings (SSSR count). The average Bonchev–Trinajstić information content (AvgIpc) is 2.80. The second kappa shape index (κ2) is 17.9. The Hall–Kier alpha value is -2.62. The maximum atomic E-state index is 12.0. The number of amidine groups is 1. The molecule has 33 heavy (non-hydrogen) atoms. The van der Waals surface area contributed by atoms with Crippen molar-refractivity contribution in [2.75, 3.05) is 5.32 Å². The molecule has 0 atom stereocenters. The molecule has 0 aliphatic rings. The van der Waals surface area contributed by atoms with Gasteiger partial charge in [-0.25, -0.2) is 4.99 Å². The van der Waals surface area contributed by atoms with E-state index < -0.39 is 0 Å². The van der Waals surface area contributed by atoms with Gasteiger partial charge in [-0.15, -0.1) is 0 Å². The first-order valence-corrected chi connectivity index (χ1v) is 12.7. The van der Waals surface area contributed by atoms with Gasteiger partial charge in [0.2, 0.25) is 5.91 Å². The van der Waals surface area contributed by atoms with Crippen molar-refractivity contribution in [3.8, 4) is 0 Å². The zero-order chi connectivity index (χ0) is 24.3. The van der Waals surface area contributed by atoms with Crippen LogP contribution in [0.2, 0.25) is 0 Å². The van der Waals surface area contributed by atoms with Crippen LogP contribution in [0.4, 0.5) is 11.4 Å². The van der Waals surface area contributed by atoms with E-state index in [-0.39, 0.29) is 5.91 Å². The first kappa shape index (κ1) is 28.4. The summed E-state index contributed by atoms with van der Waals surface area (Å²) in [5.41, 5.74) is 9.72. The van der Waals surface area contributed by atoms with Crippen molar-refractivity contribution in [1.29, 1.82) is 0 Å². The number of benzene rings is 2. The Bertz CT molecular complexity index is 811. The van der Waals surface area contributed by atoms with Gasteiger partial charge in [0.1, 0.15) is 0 Å². The van der Waals surface area contributed by atoms with Crippen LogP contribution >= 0.6 is 0 Å². The standard InChI is InChI=1S/C19H31N3O.C10H14/c1-4-5-6-7-8-9-10-11-19(23)22-17-13-12-15(2)18(14-17)21-16(3)20;1-2-3-7-10-8-5-4-6-9-10/h12-14H,4-11H2,1-3H3,(H2,20,21)(H,22,23);4-6,8-9H,2-3,7H2,1H3. The molecule has 0 aromatic heterocycles. The van der Waals surface area contributed by atoms with Crippen molar-refractivity contribution in [2.24, 2.45) is 10.7 Å². The summed E-state index contributed by atoms with van der Waals surface area (Å²) < 4.78 is 0. The maximum Gasteiger partial charge on any atom is 0.224 e. The third kappa shape index (κ3) is 14.2. The van der Waals surface area contributed by atoms with E-state index >= 15 is 0 Å². The molecule has 2 aromatic rings. The summed E-state index contributed by atoms with van der Waals surface area (Å²) in [6.07, 6.45) is 12.9. The lowest BCUT2D eigenvalue weighted by molar-refractivity contribution is -0.116. The summed E-state index contributed by atoms with van der Waals surface area (Å²) in [5, 5.41) is 2.94. The number of unbranched alkanes of at least 4 members (excludes halogenated alkanes) is 7. The quantitative estimate of drug-likeness (QED) is 0.183. The summed E-state index contributed by atoms with van der Waals surface area (Å²) in [6, 6.07) is 16.4. The number of aliphatic imine (C=N–C) groups is 1. The number of rotatable bonds is 13. The van der Waals surface area contributed by atoms with Gasteiger partial charge in [-0.3, -0.25) is 4.79 Å². The van der Waals surface area contributed by atoms with E-state index in [0.717, 1.165) is 29.8 Å². The van der Waals surface area contributed by atoms with Crippen molar-refractivity contribution in [2.45, 2.75) is 98.3 Å². The van der Waals surface area contributed by atoms with Gasteiger partial charge in [-0.2, -0.15) is 0 Å². The molecule has 0 aliphatic carbocycles. The van der Waals surface area contributed by atoms with Crippen LogP contribution in [0.5, 0.6) is 0 Å².